The van der Waals surface area contributed by atoms with Gasteiger partial charge in [0, 0.05) is 5.69 Å². The molecule has 0 fully saturated rings. The summed E-state index contributed by atoms with van der Waals surface area (Å²) in [5.74, 6) is 0. The highest BCUT2D eigenvalue weighted by molar-refractivity contribution is 7.90. The Hall–Kier alpha value is -1.16. The monoisotopic (exact) mass is 281 g/mol. The number of hydrogen-bond acceptors (Lipinski definition) is 7. The quantitative estimate of drug-likeness (QED) is 0.607. The molecule has 96 valence electrons. The van der Waals surface area contributed by atoms with Gasteiger partial charge in [-0.3, -0.25) is 8.37 Å². The molecule has 0 saturated carbocycles. The molecule has 0 aliphatic rings. The zero-order valence-corrected chi connectivity index (χ0v) is 10.7. The lowest BCUT2D eigenvalue weighted by atomic mass is 10.3. The molecule has 0 radical (unpaired) electrons. The van der Waals surface area contributed by atoms with Gasteiger partial charge in [0.2, 0.25) is 0 Å². The molecule has 0 heterocycles. The summed E-state index contributed by atoms with van der Waals surface area (Å²) in [5, 5.41) is 0. The minimum atomic E-state index is -4.18. The third kappa shape index (κ3) is 2.75. The smallest absolute Gasteiger partial charge is 0.298 e. The van der Waals surface area contributed by atoms with Crippen LogP contribution in [0.2, 0.25) is 0 Å². The Balaban J connectivity index is 3.66. The summed E-state index contributed by atoms with van der Waals surface area (Å²) in [6, 6.07) is 3.28. The maximum atomic E-state index is 11.5. The maximum absolute atomic E-state index is 11.5. The molecule has 0 bridgehead atoms. The van der Waals surface area contributed by atoms with E-state index >= 15 is 0 Å². The van der Waals surface area contributed by atoms with Crippen LogP contribution in [0, 0.1) is 0 Å². The summed E-state index contributed by atoms with van der Waals surface area (Å²) in [6.45, 7) is 0. The Labute approximate surface area is 99.4 Å². The van der Waals surface area contributed by atoms with E-state index in [9.17, 15) is 16.8 Å². The molecule has 7 nitrogen and oxygen atoms in total. The summed E-state index contributed by atoms with van der Waals surface area (Å²) < 4.78 is 54.6. The Kier molecular flexibility index (Phi) is 3.77. The molecular formula is C8H11NO6S2. The summed E-state index contributed by atoms with van der Waals surface area (Å²) >= 11 is 0. The average Bonchev–Trinajstić information content (AvgIpc) is 2.28. The van der Waals surface area contributed by atoms with Crippen molar-refractivity contribution in [3.63, 3.8) is 0 Å². The molecule has 0 aliphatic carbocycles. The van der Waals surface area contributed by atoms with Gasteiger partial charge in [0.1, 0.15) is 9.79 Å². The molecule has 0 amide bonds. The number of benzene rings is 1. The number of nitrogen functional groups attached to an aromatic ring is 1. The first kappa shape index (κ1) is 13.9. The van der Waals surface area contributed by atoms with Crippen LogP contribution in [0.4, 0.5) is 5.69 Å². The van der Waals surface area contributed by atoms with Crippen molar-refractivity contribution in [1.29, 1.82) is 0 Å². The lowest BCUT2D eigenvalue weighted by Gasteiger charge is -2.09. The minimum absolute atomic E-state index is 0.0932. The topological polar surface area (TPSA) is 113 Å². The fourth-order valence-corrected chi connectivity index (χ4v) is 3.21. The van der Waals surface area contributed by atoms with Gasteiger partial charge in [-0.25, -0.2) is 0 Å². The third-order valence-corrected chi connectivity index (χ3v) is 4.72. The van der Waals surface area contributed by atoms with E-state index in [1.807, 2.05) is 0 Å². The van der Waals surface area contributed by atoms with Crippen molar-refractivity contribution in [1.82, 2.24) is 0 Å². The predicted octanol–water partition coefficient (Wildman–Crippen LogP) is -0.0610. The molecular weight excluding hydrogens is 270 g/mol. The van der Waals surface area contributed by atoms with E-state index in [0.29, 0.717) is 0 Å². The minimum Gasteiger partial charge on any atom is -0.399 e. The van der Waals surface area contributed by atoms with Crippen LogP contribution < -0.4 is 5.73 Å². The molecule has 1 aromatic carbocycles. The van der Waals surface area contributed by atoms with Crippen LogP contribution in [0.5, 0.6) is 0 Å². The highest BCUT2D eigenvalue weighted by Gasteiger charge is 2.26. The third-order valence-electron chi connectivity index (χ3n) is 1.95. The van der Waals surface area contributed by atoms with Crippen LogP contribution in [-0.2, 0) is 28.6 Å². The van der Waals surface area contributed by atoms with E-state index in [4.69, 9.17) is 5.73 Å². The van der Waals surface area contributed by atoms with E-state index < -0.39 is 30.0 Å². The second-order valence-electron chi connectivity index (χ2n) is 2.95. The van der Waals surface area contributed by atoms with Gasteiger partial charge in [-0.2, -0.15) is 16.8 Å². The van der Waals surface area contributed by atoms with Crippen molar-refractivity contribution in [2.24, 2.45) is 0 Å². The van der Waals surface area contributed by atoms with Crippen molar-refractivity contribution >= 4 is 25.9 Å². The molecule has 0 unspecified atom stereocenters. The Bertz CT molecular complexity index is 619. The standard InChI is InChI=1S/C8H11NO6S2/c1-14-16(10,11)7-4-3-6(9)5-8(7)17(12,13)15-2/h3-5H,9H2,1-2H3. The maximum Gasteiger partial charge on any atom is 0.298 e. The van der Waals surface area contributed by atoms with E-state index in [-0.39, 0.29) is 5.69 Å². The molecule has 0 aromatic heterocycles. The fraction of sp³-hybridized carbons (Fsp3) is 0.250. The second kappa shape index (κ2) is 4.61. The highest BCUT2D eigenvalue weighted by Crippen LogP contribution is 2.25. The zero-order chi connectivity index (χ0) is 13.3. The molecule has 17 heavy (non-hydrogen) atoms. The normalized spacial score (nSPS) is 12.6. The van der Waals surface area contributed by atoms with Crippen molar-refractivity contribution in [2.75, 3.05) is 20.0 Å². The molecule has 0 aliphatic heterocycles. The molecule has 1 rings (SSSR count). The van der Waals surface area contributed by atoms with E-state index in [1.54, 1.807) is 0 Å². The SMILES string of the molecule is COS(=O)(=O)c1ccc(N)cc1S(=O)(=O)OC. The van der Waals surface area contributed by atoms with E-state index in [2.05, 4.69) is 8.37 Å². The summed E-state index contributed by atoms with van der Waals surface area (Å²) in [7, 11) is -6.49. The van der Waals surface area contributed by atoms with Crippen LogP contribution in [0.25, 0.3) is 0 Å². The van der Waals surface area contributed by atoms with Crippen molar-refractivity contribution in [3.8, 4) is 0 Å². The molecule has 0 saturated heterocycles. The molecule has 9 heteroatoms. The van der Waals surface area contributed by atoms with Gasteiger partial charge in [0.25, 0.3) is 20.2 Å². The molecule has 0 spiro atoms. The largest absolute Gasteiger partial charge is 0.399 e. The predicted molar refractivity (Wildman–Crippen MR) is 59.2 cm³/mol. The lowest BCUT2D eigenvalue weighted by Crippen LogP contribution is -2.12. The first-order valence-electron chi connectivity index (χ1n) is 4.25. The van der Waals surface area contributed by atoms with Crippen molar-refractivity contribution in [2.45, 2.75) is 9.79 Å². The average molecular weight is 281 g/mol. The van der Waals surface area contributed by atoms with Crippen molar-refractivity contribution < 1.29 is 25.2 Å². The Morgan fingerprint density at radius 1 is 0.941 bits per heavy atom. The van der Waals surface area contributed by atoms with Crippen LogP contribution >= 0.6 is 0 Å². The Morgan fingerprint density at radius 2 is 1.41 bits per heavy atom. The van der Waals surface area contributed by atoms with Gasteiger partial charge >= 0.3 is 0 Å². The van der Waals surface area contributed by atoms with Crippen LogP contribution in [0.1, 0.15) is 0 Å². The first-order valence-corrected chi connectivity index (χ1v) is 7.07. The van der Waals surface area contributed by atoms with Crippen LogP contribution in [0.3, 0.4) is 0 Å². The van der Waals surface area contributed by atoms with Crippen LogP contribution in [0.15, 0.2) is 28.0 Å². The van der Waals surface area contributed by atoms with E-state index in [0.717, 1.165) is 26.4 Å². The van der Waals surface area contributed by atoms with Gasteiger partial charge in [0.15, 0.2) is 0 Å². The number of nitrogens with two attached hydrogens (primary N) is 1. The van der Waals surface area contributed by atoms with Crippen LogP contribution in [-0.4, -0.2) is 31.1 Å². The fourth-order valence-electron chi connectivity index (χ4n) is 1.11. The van der Waals surface area contributed by atoms with Gasteiger partial charge < -0.3 is 5.73 Å². The van der Waals surface area contributed by atoms with Gasteiger partial charge in [-0.1, -0.05) is 0 Å². The molecule has 0 atom stereocenters. The number of anilines is 1. The lowest BCUT2D eigenvalue weighted by molar-refractivity contribution is 0.386. The summed E-state index contributed by atoms with van der Waals surface area (Å²) in [6.07, 6.45) is 0. The van der Waals surface area contributed by atoms with Gasteiger partial charge in [0.05, 0.1) is 14.2 Å². The number of hydrogen-bond donors (Lipinski definition) is 1. The summed E-state index contributed by atoms with van der Waals surface area (Å²) in [4.78, 5) is -1.07. The Morgan fingerprint density at radius 3 is 1.88 bits per heavy atom. The molecule has 1 aromatic rings. The first-order chi connectivity index (χ1) is 7.74. The van der Waals surface area contributed by atoms with E-state index in [1.165, 1.54) is 6.07 Å². The molecule has 2 N–H and O–H groups in total. The number of rotatable bonds is 4. The zero-order valence-electron chi connectivity index (χ0n) is 9.08. The highest BCUT2D eigenvalue weighted by atomic mass is 32.2. The second-order valence-corrected chi connectivity index (χ2v) is 6.31. The van der Waals surface area contributed by atoms with Gasteiger partial charge in [-0.15, -0.1) is 0 Å². The van der Waals surface area contributed by atoms with Gasteiger partial charge in [-0.05, 0) is 18.2 Å². The summed E-state index contributed by atoms with van der Waals surface area (Å²) in [5.41, 5.74) is 5.50. The van der Waals surface area contributed by atoms with Crippen molar-refractivity contribution in [3.05, 3.63) is 18.2 Å².